The van der Waals surface area contributed by atoms with E-state index >= 15 is 0 Å². The molecule has 0 aromatic heterocycles. The fourth-order valence-corrected chi connectivity index (χ4v) is 3.29. The lowest BCUT2D eigenvalue weighted by atomic mass is 10.1. The van der Waals surface area contributed by atoms with E-state index in [1.165, 1.54) is 0 Å². The standard InChI is InChI=1S/C15H19NO3S/c17-14(8-9-20-13-4-2-1-3-5-13)16-12-7-6-11(10-12)15(18)19/h1-5,11-12H,6-10H2,(H,16,17)(H,18,19)/t11-,12+/m1/s1. The Labute approximate surface area is 123 Å². The normalized spacial score (nSPS) is 21.6. The Morgan fingerprint density at radius 3 is 2.65 bits per heavy atom. The fraction of sp³-hybridized carbons (Fsp3) is 0.467. The van der Waals surface area contributed by atoms with Crippen molar-refractivity contribution >= 4 is 23.6 Å². The predicted molar refractivity (Wildman–Crippen MR) is 78.7 cm³/mol. The quantitative estimate of drug-likeness (QED) is 0.791. The first-order valence-electron chi connectivity index (χ1n) is 6.85. The van der Waals surface area contributed by atoms with Crippen LogP contribution in [-0.2, 0) is 9.59 Å². The minimum absolute atomic E-state index is 0.0180. The van der Waals surface area contributed by atoms with Crippen molar-refractivity contribution in [3.63, 3.8) is 0 Å². The molecule has 5 heteroatoms. The first kappa shape index (κ1) is 14.9. The molecule has 0 heterocycles. The average Bonchev–Trinajstić information content (AvgIpc) is 2.88. The molecule has 0 spiro atoms. The molecule has 1 fully saturated rings. The number of rotatable bonds is 6. The summed E-state index contributed by atoms with van der Waals surface area (Å²) >= 11 is 1.66. The van der Waals surface area contributed by atoms with E-state index < -0.39 is 5.97 Å². The van der Waals surface area contributed by atoms with Crippen LogP contribution in [0.5, 0.6) is 0 Å². The molecule has 20 heavy (non-hydrogen) atoms. The molecule has 0 aliphatic heterocycles. The highest BCUT2D eigenvalue weighted by molar-refractivity contribution is 7.99. The monoisotopic (exact) mass is 293 g/mol. The highest BCUT2D eigenvalue weighted by atomic mass is 32.2. The van der Waals surface area contributed by atoms with Crippen LogP contribution in [0.25, 0.3) is 0 Å². The summed E-state index contributed by atoms with van der Waals surface area (Å²) in [6, 6.07) is 10.0. The number of carboxylic acids is 1. The van der Waals surface area contributed by atoms with E-state index in [1.54, 1.807) is 11.8 Å². The molecule has 1 aliphatic carbocycles. The van der Waals surface area contributed by atoms with Crippen LogP contribution in [0.2, 0.25) is 0 Å². The van der Waals surface area contributed by atoms with Crippen molar-refractivity contribution in [2.75, 3.05) is 5.75 Å². The number of aliphatic carboxylic acids is 1. The van der Waals surface area contributed by atoms with Gasteiger partial charge >= 0.3 is 5.97 Å². The number of carboxylic acid groups (broad SMARTS) is 1. The Hall–Kier alpha value is -1.49. The SMILES string of the molecule is O=C(CCSc1ccccc1)N[C@H]1CC[C@@H](C(=O)O)C1. The van der Waals surface area contributed by atoms with Crippen molar-refractivity contribution in [3.05, 3.63) is 30.3 Å². The summed E-state index contributed by atoms with van der Waals surface area (Å²) in [6.45, 7) is 0. The van der Waals surface area contributed by atoms with Gasteiger partial charge in [0.25, 0.3) is 0 Å². The van der Waals surface area contributed by atoms with Crippen LogP contribution in [-0.4, -0.2) is 28.8 Å². The van der Waals surface area contributed by atoms with Crippen LogP contribution >= 0.6 is 11.8 Å². The second-order valence-corrected chi connectivity index (χ2v) is 6.19. The van der Waals surface area contributed by atoms with Crippen molar-refractivity contribution in [1.29, 1.82) is 0 Å². The van der Waals surface area contributed by atoms with Gasteiger partial charge in [0.2, 0.25) is 5.91 Å². The maximum Gasteiger partial charge on any atom is 0.306 e. The van der Waals surface area contributed by atoms with Gasteiger partial charge in [-0.3, -0.25) is 9.59 Å². The lowest BCUT2D eigenvalue weighted by molar-refractivity contribution is -0.141. The number of carbonyl (C=O) groups excluding carboxylic acids is 1. The maximum absolute atomic E-state index is 11.8. The molecule has 1 aromatic rings. The van der Waals surface area contributed by atoms with Crippen molar-refractivity contribution in [2.45, 2.75) is 36.6 Å². The third kappa shape index (κ3) is 4.56. The first-order chi connectivity index (χ1) is 9.65. The predicted octanol–water partition coefficient (Wildman–Crippen LogP) is 2.54. The topological polar surface area (TPSA) is 66.4 Å². The van der Waals surface area contributed by atoms with Gasteiger partial charge in [-0.05, 0) is 31.4 Å². The Kier molecular flexibility index (Phi) is 5.47. The molecular formula is C15H19NO3S. The number of carbonyl (C=O) groups is 2. The number of benzene rings is 1. The molecule has 1 saturated carbocycles. The lowest BCUT2D eigenvalue weighted by Gasteiger charge is -2.12. The average molecular weight is 293 g/mol. The summed E-state index contributed by atoms with van der Waals surface area (Å²) in [4.78, 5) is 23.8. The second-order valence-electron chi connectivity index (χ2n) is 5.02. The molecule has 0 saturated heterocycles. The van der Waals surface area contributed by atoms with Gasteiger partial charge in [0, 0.05) is 23.1 Å². The van der Waals surface area contributed by atoms with Crippen LogP contribution < -0.4 is 5.32 Å². The number of thioether (sulfide) groups is 1. The minimum Gasteiger partial charge on any atom is -0.481 e. The highest BCUT2D eigenvalue weighted by Crippen LogP contribution is 2.25. The largest absolute Gasteiger partial charge is 0.481 e. The molecule has 0 unspecified atom stereocenters. The highest BCUT2D eigenvalue weighted by Gasteiger charge is 2.30. The van der Waals surface area contributed by atoms with E-state index in [9.17, 15) is 9.59 Å². The van der Waals surface area contributed by atoms with Gasteiger partial charge in [-0.2, -0.15) is 0 Å². The summed E-state index contributed by atoms with van der Waals surface area (Å²) in [5, 5.41) is 11.9. The Morgan fingerprint density at radius 2 is 2.00 bits per heavy atom. The van der Waals surface area contributed by atoms with Gasteiger partial charge in [-0.25, -0.2) is 0 Å². The van der Waals surface area contributed by atoms with Crippen LogP contribution in [0.4, 0.5) is 0 Å². The van der Waals surface area contributed by atoms with E-state index in [-0.39, 0.29) is 17.9 Å². The van der Waals surface area contributed by atoms with Crippen molar-refractivity contribution in [3.8, 4) is 0 Å². The third-order valence-corrected chi connectivity index (χ3v) is 4.50. The van der Waals surface area contributed by atoms with Crippen LogP contribution in [0.3, 0.4) is 0 Å². The van der Waals surface area contributed by atoms with E-state index in [4.69, 9.17) is 5.11 Å². The summed E-state index contributed by atoms with van der Waals surface area (Å²) < 4.78 is 0. The summed E-state index contributed by atoms with van der Waals surface area (Å²) in [6.07, 6.45) is 2.47. The molecule has 0 bridgehead atoms. The van der Waals surface area contributed by atoms with Gasteiger partial charge in [0.1, 0.15) is 0 Å². The zero-order chi connectivity index (χ0) is 14.4. The van der Waals surface area contributed by atoms with E-state index in [0.29, 0.717) is 19.3 Å². The Bertz CT molecular complexity index is 463. The first-order valence-corrected chi connectivity index (χ1v) is 7.83. The van der Waals surface area contributed by atoms with Gasteiger partial charge in [0.05, 0.1) is 5.92 Å². The number of hydrogen-bond donors (Lipinski definition) is 2. The molecule has 2 rings (SSSR count). The molecule has 1 amide bonds. The zero-order valence-electron chi connectivity index (χ0n) is 11.2. The van der Waals surface area contributed by atoms with E-state index in [2.05, 4.69) is 5.32 Å². The molecule has 2 N–H and O–H groups in total. The molecule has 0 radical (unpaired) electrons. The zero-order valence-corrected chi connectivity index (χ0v) is 12.1. The molecule has 108 valence electrons. The van der Waals surface area contributed by atoms with Crippen LogP contribution in [0, 0.1) is 5.92 Å². The summed E-state index contributed by atoms with van der Waals surface area (Å²) in [7, 11) is 0. The lowest BCUT2D eigenvalue weighted by Crippen LogP contribution is -2.33. The fourth-order valence-electron chi connectivity index (χ4n) is 2.42. The molecule has 2 atom stereocenters. The molecule has 1 aliphatic rings. The Balaban J connectivity index is 1.65. The summed E-state index contributed by atoms with van der Waals surface area (Å²) in [5.74, 6) is -0.282. The smallest absolute Gasteiger partial charge is 0.306 e. The number of amides is 1. The van der Waals surface area contributed by atoms with Crippen LogP contribution in [0.15, 0.2) is 35.2 Å². The van der Waals surface area contributed by atoms with Gasteiger partial charge < -0.3 is 10.4 Å². The Morgan fingerprint density at radius 1 is 1.25 bits per heavy atom. The number of nitrogens with one attached hydrogen (secondary N) is 1. The summed E-state index contributed by atoms with van der Waals surface area (Å²) in [5.41, 5.74) is 0. The molecular weight excluding hydrogens is 274 g/mol. The second kappa shape index (κ2) is 7.33. The number of hydrogen-bond acceptors (Lipinski definition) is 3. The van der Waals surface area contributed by atoms with Gasteiger partial charge in [0.15, 0.2) is 0 Å². The van der Waals surface area contributed by atoms with Crippen molar-refractivity contribution < 1.29 is 14.7 Å². The molecule has 1 aromatic carbocycles. The maximum atomic E-state index is 11.8. The van der Waals surface area contributed by atoms with Crippen molar-refractivity contribution in [1.82, 2.24) is 5.32 Å². The minimum atomic E-state index is -0.749. The van der Waals surface area contributed by atoms with Gasteiger partial charge in [-0.1, -0.05) is 18.2 Å². The van der Waals surface area contributed by atoms with E-state index in [1.807, 2.05) is 30.3 Å². The van der Waals surface area contributed by atoms with E-state index in [0.717, 1.165) is 17.1 Å². The van der Waals surface area contributed by atoms with Gasteiger partial charge in [-0.15, -0.1) is 11.8 Å². The third-order valence-electron chi connectivity index (χ3n) is 3.49. The van der Waals surface area contributed by atoms with Crippen LogP contribution in [0.1, 0.15) is 25.7 Å². The molecule has 4 nitrogen and oxygen atoms in total. The van der Waals surface area contributed by atoms with Crippen molar-refractivity contribution in [2.24, 2.45) is 5.92 Å².